The summed E-state index contributed by atoms with van der Waals surface area (Å²) in [6.07, 6.45) is 3.27. The van der Waals surface area contributed by atoms with E-state index in [1.54, 1.807) is 55.5 Å². The lowest BCUT2D eigenvalue weighted by Crippen LogP contribution is -2.39. The molecule has 0 aliphatic heterocycles. The van der Waals surface area contributed by atoms with Crippen LogP contribution in [-0.2, 0) is 23.5 Å². The first-order valence-corrected chi connectivity index (χ1v) is 15.4. The number of rotatable bonds is 11. The summed E-state index contributed by atoms with van der Waals surface area (Å²) in [5, 5.41) is 30.9. The third-order valence-corrected chi connectivity index (χ3v) is 8.80. The standard InChI is InChI=1S/C34H33F2N6O3S/c1-21-11-25(12-22(2)32(21)45-31(43)15-38-4)16-41-19-39-42(20-41)18-34(44,28-13-27(35)9-10-29(28)36)23(3)33-40-30(17-46-33)26-7-5-24(14-37)6-8-26/h5-13,17,19-20,23,38,44H,15-16,18H2,1-4H3/q+1/t23-,34-/m1/s1. The molecule has 2 aromatic heterocycles. The molecular formula is C34H33F2N6O3S+. The van der Waals surface area contributed by atoms with Crippen LogP contribution in [0.2, 0.25) is 0 Å². The second-order valence-corrected chi connectivity index (χ2v) is 12.1. The fraction of sp³-hybridized carbons (Fsp3) is 0.265. The minimum absolute atomic E-state index is 0.0982. The lowest BCUT2D eigenvalue weighted by atomic mass is 9.82. The van der Waals surface area contributed by atoms with Crippen LogP contribution in [0.25, 0.3) is 11.3 Å². The monoisotopic (exact) mass is 643 g/mol. The number of nitrogens with zero attached hydrogens (tertiary/aromatic N) is 5. The summed E-state index contributed by atoms with van der Waals surface area (Å²) >= 11 is 1.30. The SMILES string of the molecule is CNCC(=O)Oc1c(C)cc(C[n+]2cnn(C[C@](O)(c3cc(F)ccc3F)[C@H](C)c3nc(-c4ccc(C#N)cc4)cs3)c2)cc1C. The first-order valence-electron chi connectivity index (χ1n) is 14.5. The molecule has 0 aliphatic carbocycles. The number of carbonyl (C=O) groups is 1. The minimum Gasteiger partial charge on any atom is -0.425 e. The van der Waals surface area contributed by atoms with Crippen molar-refractivity contribution in [2.45, 2.75) is 45.4 Å². The number of hydrogen-bond donors (Lipinski definition) is 2. The number of ether oxygens (including phenoxy) is 1. The summed E-state index contributed by atoms with van der Waals surface area (Å²) in [6.45, 7) is 5.79. The van der Waals surface area contributed by atoms with E-state index in [2.05, 4.69) is 16.5 Å². The van der Waals surface area contributed by atoms with Crippen molar-refractivity contribution in [3.63, 3.8) is 0 Å². The average molecular weight is 644 g/mol. The zero-order valence-electron chi connectivity index (χ0n) is 25.8. The molecule has 2 atom stereocenters. The number of aryl methyl sites for hydroxylation is 2. The maximum atomic E-state index is 15.3. The topological polar surface area (TPSA) is 117 Å². The van der Waals surface area contributed by atoms with Crippen molar-refractivity contribution in [3.05, 3.63) is 117 Å². The van der Waals surface area contributed by atoms with E-state index in [1.165, 1.54) is 16.0 Å². The van der Waals surface area contributed by atoms with Gasteiger partial charge in [-0.05, 0) is 80.1 Å². The van der Waals surface area contributed by atoms with Crippen LogP contribution in [0.4, 0.5) is 8.78 Å². The van der Waals surface area contributed by atoms with Gasteiger partial charge < -0.3 is 15.2 Å². The molecule has 5 aromatic rings. The molecule has 0 amide bonds. The van der Waals surface area contributed by atoms with Crippen molar-refractivity contribution in [1.29, 1.82) is 5.26 Å². The van der Waals surface area contributed by atoms with Crippen LogP contribution < -0.4 is 14.6 Å². The molecule has 0 spiro atoms. The lowest BCUT2D eigenvalue weighted by molar-refractivity contribution is -0.689. The van der Waals surface area contributed by atoms with Crippen LogP contribution in [-0.4, -0.2) is 39.4 Å². The Morgan fingerprint density at radius 2 is 1.89 bits per heavy atom. The van der Waals surface area contributed by atoms with E-state index in [0.717, 1.165) is 40.5 Å². The number of nitriles is 1. The summed E-state index contributed by atoms with van der Waals surface area (Å²) < 4.78 is 38.5. The predicted octanol–water partition coefficient (Wildman–Crippen LogP) is 4.93. The molecular weight excluding hydrogens is 610 g/mol. The highest BCUT2D eigenvalue weighted by atomic mass is 32.1. The van der Waals surface area contributed by atoms with Crippen LogP contribution in [0.15, 0.2) is 72.6 Å². The molecule has 236 valence electrons. The molecule has 0 unspecified atom stereocenters. The third kappa shape index (κ3) is 7.02. The van der Waals surface area contributed by atoms with Crippen molar-refractivity contribution in [3.8, 4) is 23.1 Å². The number of benzene rings is 3. The summed E-state index contributed by atoms with van der Waals surface area (Å²) in [5.41, 5.74) is 2.37. The summed E-state index contributed by atoms with van der Waals surface area (Å²) in [7, 11) is 1.67. The van der Waals surface area contributed by atoms with E-state index >= 15 is 4.39 Å². The highest BCUT2D eigenvalue weighted by molar-refractivity contribution is 7.10. The average Bonchev–Trinajstić information content (AvgIpc) is 3.70. The van der Waals surface area contributed by atoms with E-state index < -0.39 is 23.2 Å². The summed E-state index contributed by atoms with van der Waals surface area (Å²) in [4.78, 5) is 16.7. The molecule has 3 aromatic carbocycles. The quantitative estimate of drug-likeness (QED) is 0.119. The molecule has 0 fully saturated rings. The van der Waals surface area contributed by atoms with Crippen LogP contribution in [0.1, 0.15) is 45.7 Å². The van der Waals surface area contributed by atoms with E-state index in [0.29, 0.717) is 28.6 Å². The van der Waals surface area contributed by atoms with Gasteiger partial charge in [0.2, 0.25) is 6.33 Å². The highest BCUT2D eigenvalue weighted by Crippen LogP contribution is 2.41. The normalized spacial score (nSPS) is 13.2. The maximum absolute atomic E-state index is 15.3. The van der Waals surface area contributed by atoms with Gasteiger partial charge >= 0.3 is 5.97 Å². The summed E-state index contributed by atoms with van der Waals surface area (Å²) in [5.74, 6) is -2.05. The Morgan fingerprint density at radius 1 is 1.17 bits per heavy atom. The maximum Gasteiger partial charge on any atom is 0.325 e. The fourth-order valence-corrected chi connectivity index (χ4v) is 6.37. The number of aromatic nitrogens is 4. The number of carbonyl (C=O) groups excluding carboxylic acids is 1. The Balaban J connectivity index is 1.42. The van der Waals surface area contributed by atoms with Gasteiger partial charge in [0.1, 0.15) is 29.5 Å². The van der Waals surface area contributed by atoms with E-state index in [-0.39, 0.29) is 24.6 Å². The first-order chi connectivity index (χ1) is 22.0. The number of halogens is 2. The minimum atomic E-state index is -1.93. The third-order valence-electron chi connectivity index (χ3n) is 7.77. The van der Waals surface area contributed by atoms with Gasteiger partial charge in [-0.1, -0.05) is 19.1 Å². The molecule has 2 heterocycles. The van der Waals surface area contributed by atoms with Gasteiger partial charge in [0, 0.05) is 27.5 Å². The van der Waals surface area contributed by atoms with Crippen LogP contribution in [0.5, 0.6) is 5.75 Å². The molecule has 2 N–H and O–H groups in total. The zero-order valence-corrected chi connectivity index (χ0v) is 26.6. The molecule has 0 saturated heterocycles. The second kappa shape index (κ2) is 13.7. The van der Waals surface area contributed by atoms with Crippen LogP contribution in [0.3, 0.4) is 0 Å². The largest absolute Gasteiger partial charge is 0.425 e. The molecule has 5 rings (SSSR count). The summed E-state index contributed by atoms with van der Waals surface area (Å²) in [6, 6.07) is 15.9. The fourth-order valence-electron chi connectivity index (χ4n) is 5.39. The van der Waals surface area contributed by atoms with Gasteiger partial charge in [0.15, 0.2) is 0 Å². The Bertz CT molecular complexity index is 1890. The van der Waals surface area contributed by atoms with Gasteiger partial charge in [-0.25, -0.2) is 18.3 Å². The smallest absolute Gasteiger partial charge is 0.325 e. The Hall–Kier alpha value is -4.83. The van der Waals surface area contributed by atoms with Gasteiger partial charge in [0.05, 0.1) is 35.4 Å². The number of aliphatic hydroxyl groups is 1. The number of esters is 1. The Kier molecular flexibility index (Phi) is 9.67. The van der Waals surface area contributed by atoms with Gasteiger partial charge in [-0.2, -0.15) is 5.26 Å². The highest BCUT2D eigenvalue weighted by Gasteiger charge is 2.43. The van der Waals surface area contributed by atoms with Crippen molar-refractivity contribution < 1.29 is 28.0 Å². The molecule has 0 aliphatic rings. The van der Waals surface area contributed by atoms with Gasteiger partial charge in [-0.3, -0.25) is 4.79 Å². The van der Waals surface area contributed by atoms with Crippen molar-refractivity contribution in [2.24, 2.45) is 0 Å². The molecule has 12 heteroatoms. The number of hydrogen-bond acceptors (Lipinski definition) is 8. The van der Waals surface area contributed by atoms with Crippen molar-refractivity contribution in [2.75, 3.05) is 13.6 Å². The predicted molar refractivity (Wildman–Crippen MR) is 168 cm³/mol. The number of likely N-dealkylation sites (N-methyl/N-ethyl adjacent to an activating group) is 1. The first kappa shape index (κ1) is 32.6. The molecule has 9 nitrogen and oxygen atoms in total. The molecule has 0 bridgehead atoms. The number of thiazole rings is 1. The van der Waals surface area contributed by atoms with E-state index in [1.807, 2.05) is 31.4 Å². The molecule has 0 saturated carbocycles. The second-order valence-electron chi connectivity index (χ2n) is 11.2. The van der Waals surface area contributed by atoms with Gasteiger partial charge in [0.25, 0.3) is 6.33 Å². The van der Waals surface area contributed by atoms with Crippen molar-refractivity contribution in [1.82, 2.24) is 20.1 Å². The Morgan fingerprint density at radius 3 is 2.57 bits per heavy atom. The van der Waals surface area contributed by atoms with Crippen LogP contribution in [0, 0.1) is 36.8 Å². The lowest BCUT2D eigenvalue weighted by Gasteiger charge is -2.32. The van der Waals surface area contributed by atoms with Crippen LogP contribution >= 0.6 is 11.3 Å². The zero-order chi connectivity index (χ0) is 33.0. The number of nitrogens with one attached hydrogen (secondary N) is 1. The Labute approximate surface area is 269 Å². The van der Waals surface area contributed by atoms with Crippen molar-refractivity contribution >= 4 is 17.3 Å². The van der Waals surface area contributed by atoms with Gasteiger partial charge in [-0.15, -0.1) is 16.0 Å². The molecule has 46 heavy (non-hydrogen) atoms. The van der Waals surface area contributed by atoms with E-state index in [4.69, 9.17) is 15.0 Å². The van der Waals surface area contributed by atoms with E-state index in [9.17, 15) is 14.3 Å². The molecule has 0 radical (unpaired) electrons.